The van der Waals surface area contributed by atoms with Gasteiger partial charge in [-0.2, -0.15) is 5.10 Å². The molecule has 0 aromatic carbocycles. The fourth-order valence-corrected chi connectivity index (χ4v) is 2.28. The Morgan fingerprint density at radius 1 is 1.61 bits per heavy atom. The standard InChI is InChI=1S/C13H20N4O/c1-3-11-8(2)13(17-16-11)15-12(18)7-9-4-5-10(14)6-9/h4-5,9-10H,3,6-7,14H2,1-2H3,(H2,15,16,17,18)/t9-,10+/m0/s1. The van der Waals surface area contributed by atoms with Crippen LogP contribution < -0.4 is 11.1 Å². The summed E-state index contributed by atoms with van der Waals surface area (Å²) in [7, 11) is 0. The molecule has 98 valence electrons. The quantitative estimate of drug-likeness (QED) is 0.706. The zero-order valence-electron chi connectivity index (χ0n) is 10.9. The van der Waals surface area contributed by atoms with Crippen LogP contribution in [0.15, 0.2) is 12.2 Å². The molecule has 1 aliphatic carbocycles. The number of carbonyl (C=O) groups excluding carboxylic acids is 1. The minimum atomic E-state index is -0.00370. The first kappa shape index (κ1) is 12.8. The van der Waals surface area contributed by atoms with Crippen LogP contribution in [0.5, 0.6) is 0 Å². The maximum Gasteiger partial charge on any atom is 0.226 e. The molecule has 2 rings (SSSR count). The number of nitrogens with one attached hydrogen (secondary N) is 2. The maximum absolute atomic E-state index is 11.9. The van der Waals surface area contributed by atoms with Gasteiger partial charge in [-0.1, -0.05) is 19.1 Å². The summed E-state index contributed by atoms with van der Waals surface area (Å²) in [6.07, 6.45) is 6.20. The molecule has 0 aliphatic heterocycles. The normalized spacial score (nSPS) is 22.4. The fourth-order valence-electron chi connectivity index (χ4n) is 2.28. The lowest BCUT2D eigenvalue weighted by atomic mass is 10.0. The molecule has 0 unspecified atom stereocenters. The SMILES string of the molecule is CCc1[nH]nc(NC(=O)C[C@H]2C=C[C@@H](N)C2)c1C. The summed E-state index contributed by atoms with van der Waals surface area (Å²) in [6.45, 7) is 4.01. The zero-order valence-corrected chi connectivity index (χ0v) is 10.9. The van der Waals surface area contributed by atoms with Gasteiger partial charge < -0.3 is 11.1 Å². The Bertz CT molecular complexity index is 464. The third-order valence-electron chi connectivity index (χ3n) is 3.37. The number of aromatic amines is 1. The Balaban J connectivity index is 1.91. The van der Waals surface area contributed by atoms with Gasteiger partial charge in [-0.3, -0.25) is 9.89 Å². The minimum absolute atomic E-state index is 0.00370. The van der Waals surface area contributed by atoms with E-state index in [4.69, 9.17) is 5.73 Å². The van der Waals surface area contributed by atoms with Gasteiger partial charge in [0.1, 0.15) is 0 Å². The van der Waals surface area contributed by atoms with Gasteiger partial charge in [-0.15, -0.1) is 0 Å². The molecule has 5 nitrogen and oxygen atoms in total. The van der Waals surface area contributed by atoms with E-state index in [-0.39, 0.29) is 17.9 Å². The number of H-pyrrole nitrogens is 1. The predicted octanol–water partition coefficient (Wildman–Crippen LogP) is 1.51. The molecule has 0 spiro atoms. The monoisotopic (exact) mass is 248 g/mol. The number of carbonyl (C=O) groups is 1. The summed E-state index contributed by atoms with van der Waals surface area (Å²) >= 11 is 0. The van der Waals surface area contributed by atoms with Crippen molar-refractivity contribution in [2.24, 2.45) is 11.7 Å². The van der Waals surface area contributed by atoms with Crippen molar-refractivity contribution in [3.8, 4) is 0 Å². The molecule has 0 saturated heterocycles. The highest BCUT2D eigenvalue weighted by molar-refractivity contribution is 5.90. The van der Waals surface area contributed by atoms with Gasteiger partial charge in [0.2, 0.25) is 5.91 Å². The van der Waals surface area contributed by atoms with Crippen molar-refractivity contribution >= 4 is 11.7 Å². The van der Waals surface area contributed by atoms with E-state index in [9.17, 15) is 4.79 Å². The number of amides is 1. The topological polar surface area (TPSA) is 83.8 Å². The summed E-state index contributed by atoms with van der Waals surface area (Å²) in [6, 6.07) is 0.0987. The molecular formula is C13H20N4O. The van der Waals surface area contributed by atoms with Crippen LogP contribution in [0.25, 0.3) is 0 Å². The Hall–Kier alpha value is -1.62. The highest BCUT2D eigenvalue weighted by Gasteiger charge is 2.19. The third kappa shape index (κ3) is 2.79. The van der Waals surface area contributed by atoms with Crippen LogP contribution in [-0.4, -0.2) is 22.1 Å². The number of rotatable bonds is 4. The Kier molecular flexibility index (Phi) is 3.81. The highest BCUT2D eigenvalue weighted by Crippen LogP contribution is 2.21. The van der Waals surface area contributed by atoms with E-state index in [0.29, 0.717) is 12.2 Å². The van der Waals surface area contributed by atoms with E-state index in [1.54, 1.807) is 0 Å². The second-order valence-electron chi connectivity index (χ2n) is 4.83. The lowest BCUT2D eigenvalue weighted by Crippen LogP contribution is -2.19. The van der Waals surface area contributed by atoms with E-state index >= 15 is 0 Å². The van der Waals surface area contributed by atoms with E-state index < -0.39 is 0 Å². The fraction of sp³-hybridized carbons (Fsp3) is 0.538. The first-order valence-electron chi connectivity index (χ1n) is 6.37. The van der Waals surface area contributed by atoms with Gasteiger partial charge in [0, 0.05) is 23.7 Å². The van der Waals surface area contributed by atoms with Crippen LogP contribution >= 0.6 is 0 Å². The number of aryl methyl sites for hydroxylation is 1. The summed E-state index contributed by atoms with van der Waals surface area (Å²) < 4.78 is 0. The Morgan fingerprint density at radius 2 is 2.39 bits per heavy atom. The van der Waals surface area contributed by atoms with Crippen molar-refractivity contribution in [2.45, 2.75) is 39.2 Å². The smallest absolute Gasteiger partial charge is 0.226 e. The Morgan fingerprint density at radius 3 is 2.94 bits per heavy atom. The Labute approximate surface area is 107 Å². The molecule has 1 aromatic rings. The van der Waals surface area contributed by atoms with Crippen LogP contribution in [0.1, 0.15) is 31.0 Å². The first-order valence-corrected chi connectivity index (χ1v) is 6.37. The number of aromatic nitrogens is 2. The van der Waals surface area contributed by atoms with Gasteiger partial charge in [0.25, 0.3) is 0 Å². The van der Waals surface area contributed by atoms with Crippen molar-refractivity contribution in [3.05, 3.63) is 23.4 Å². The average molecular weight is 248 g/mol. The average Bonchev–Trinajstić information content (AvgIpc) is 2.87. The number of hydrogen-bond donors (Lipinski definition) is 3. The molecule has 0 bridgehead atoms. The molecule has 0 saturated carbocycles. The summed E-state index contributed by atoms with van der Waals surface area (Å²) in [5.41, 5.74) is 7.84. The molecule has 1 aliphatic rings. The minimum Gasteiger partial charge on any atom is -0.324 e. The van der Waals surface area contributed by atoms with E-state index in [2.05, 4.69) is 22.4 Å². The molecule has 1 heterocycles. The predicted molar refractivity (Wildman–Crippen MR) is 71.2 cm³/mol. The van der Waals surface area contributed by atoms with Gasteiger partial charge in [0.15, 0.2) is 5.82 Å². The second-order valence-corrected chi connectivity index (χ2v) is 4.83. The molecule has 4 N–H and O–H groups in total. The molecule has 5 heteroatoms. The third-order valence-corrected chi connectivity index (χ3v) is 3.37. The second kappa shape index (κ2) is 5.35. The lowest BCUT2D eigenvalue weighted by molar-refractivity contribution is -0.116. The summed E-state index contributed by atoms with van der Waals surface area (Å²) in [5, 5.41) is 9.90. The lowest BCUT2D eigenvalue weighted by Gasteiger charge is -2.09. The number of anilines is 1. The summed E-state index contributed by atoms with van der Waals surface area (Å²) in [5.74, 6) is 0.893. The molecule has 0 radical (unpaired) electrons. The van der Waals surface area contributed by atoms with Crippen molar-refractivity contribution in [1.29, 1.82) is 0 Å². The molecular weight excluding hydrogens is 228 g/mol. The van der Waals surface area contributed by atoms with Crippen LogP contribution in [0.2, 0.25) is 0 Å². The number of nitrogens with two attached hydrogens (primary N) is 1. The molecule has 18 heavy (non-hydrogen) atoms. The van der Waals surface area contributed by atoms with Crippen LogP contribution in [0, 0.1) is 12.8 Å². The van der Waals surface area contributed by atoms with E-state index in [1.807, 2.05) is 19.1 Å². The van der Waals surface area contributed by atoms with Crippen LogP contribution in [0.3, 0.4) is 0 Å². The van der Waals surface area contributed by atoms with Crippen LogP contribution in [-0.2, 0) is 11.2 Å². The summed E-state index contributed by atoms with van der Waals surface area (Å²) in [4.78, 5) is 11.9. The largest absolute Gasteiger partial charge is 0.324 e. The van der Waals surface area contributed by atoms with Crippen molar-refractivity contribution in [1.82, 2.24) is 10.2 Å². The van der Waals surface area contributed by atoms with Gasteiger partial charge in [-0.25, -0.2) is 0 Å². The molecule has 1 aromatic heterocycles. The van der Waals surface area contributed by atoms with Crippen molar-refractivity contribution < 1.29 is 4.79 Å². The maximum atomic E-state index is 11.9. The van der Waals surface area contributed by atoms with E-state index in [0.717, 1.165) is 24.1 Å². The first-order chi connectivity index (χ1) is 8.60. The number of nitrogens with zero attached hydrogens (tertiary/aromatic N) is 1. The van der Waals surface area contributed by atoms with Gasteiger partial charge in [-0.05, 0) is 25.7 Å². The highest BCUT2D eigenvalue weighted by atomic mass is 16.1. The number of hydrogen-bond acceptors (Lipinski definition) is 3. The van der Waals surface area contributed by atoms with Crippen LogP contribution in [0.4, 0.5) is 5.82 Å². The van der Waals surface area contributed by atoms with Gasteiger partial charge >= 0.3 is 0 Å². The van der Waals surface area contributed by atoms with Gasteiger partial charge in [0.05, 0.1) is 0 Å². The molecule has 2 atom stereocenters. The molecule has 1 amide bonds. The van der Waals surface area contributed by atoms with E-state index in [1.165, 1.54) is 0 Å². The van der Waals surface area contributed by atoms with Crippen molar-refractivity contribution in [3.63, 3.8) is 0 Å². The number of allylic oxidation sites excluding steroid dienone is 1. The molecule has 0 fully saturated rings. The van der Waals surface area contributed by atoms with Crippen molar-refractivity contribution in [2.75, 3.05) is 5.32 Å². The zero-order chi connectivity index (χ0) is 13.1.